The lowest BCUT2D eigenvalue weighted by Crippen LogP contribution is -2.31. The van der Waals surface area contributed by atoms with Crippen molar-refractivity contribution in [2.24, 2.45) is 0 Å². The summed E-state index contributed by atoms with van der Waals surface area (Å²) < 4.78 is 109. The number of nitrogens with zero attached hydrogens (tertiary/aromatic N) is 14. The van der Waals surface area contributed by atoms with Gasteiger partial charge in [-0.3, -0.25) is 62.2 Å². The highest BCUT2D eigenvalue weighted by atomic mass is 79.9. The fourth-order valence-corrected chi connectivity index (χ4v) is 15.6. The van der Waals surface area contributed by atoms with Gasteiger partial charge < -0.3 is 49.5 Å². The van der Waals surface area contributed by atoms with Gasteiger partial charge in [-0.1, -0.05) is 171 Å². The van der Waals surface area contributed by atoms with Crippen molar-refractivity contribution in [2.45, 2.75) is 90.5 Å². The monoisotopic (exact) mass is 1960 g/mol. The van der Waals surface area contributed by atoms with E-state index in [2.05, 4.69) is 115 Å². The molecule has 0 radical (unpaired) electrons. The van der Waals surface area contributed by atoms with Gasteiger partial charge in [-0.05, 0) is 193 Å². The summed E-state index contributed by atoms with van der Waals surface area (Å²) >= 11 is 3.27. The summed E-state index contributed by atoms with van der Waals surface area (Å²) in [5.74, 6) is 4.71. The highest BCUT2D eigenvalue weighted by Crippen LogP contribution is 2.42. The molecule has 0 saturated carbocycles. The first-order valence-electron chi connectivity index (χ1n) is 47.0. The molecule has 0 unspecified atom stereocenters. The number of hydrogen-bond donors (Lipinski definition) is 4. The Bertz CT molecular complexity index is 7260. The number of benzene rings is 11. The van der Waals surface area contributed by atoms with Crippen LogP contribution in [0.25, 0.3) is 84.9 Å². The quantitative estimate of drug-likeness (QED) is 0.0253. The number of amides is 1. The van der Waals surface area contributed by atoms with Crippen LogP contribution < -0.4 is 44.9 Å². The van der Waals surface area contributed by atoms with E-state index in [0.717, 1.165) is 130 Å². The van der Waals surface area contributed by atoms with Crippen LogP contribution in [0.1, 0.15) is 92.4 Å². The Morgan fingerprint density at radius 3 is 1.16 bits per heavy atom. The van der Waals surface area contributed by atoms with E-state index in [0.29, 0.717) is 50.3 Å². The molecule has 17 aromatic rings. The molecular formula is C103H120BBrF2N16O15. The van der Waals surface area contributed by atoms with Crippen molar-refractivity contribution in [3.05, 3.63) is 358 Å². The number of rotatable bonds is 19. The minimum atomic E-state index is -1.35. The Morgan fingerprint density at radius 1 is 0.435 bits per heavy atom. The van der Waals surface area contributed by atoms with Gasteiger partial charge >= 0.3 is 24.2 Å². The first-order chi connectivity index (χ1) is 70.1. The number of anilines is 2. The summed E-state index contributed by atoms with van der Waals surface area (Å²) in [5, 5.41) is 53.4. The number of alkyl halides is 1. The van der Waals surface area contributed by atoms with E-state index in [-0.39, 0.29) is 44.8 Å². The van der Waals surface area contributed by atoms with Crippen LogP contribution in [-0.2, 0) is 4.79 Å². The maximum absolute atomic E-state index is 12.8. The molecule has 6 aromatic heterocycles. The Morgan fingerprint density at radius 2 is 0.768 bits per heavy atom. The van der Waals surface area contributed by atoms with Crippen LogP contribution in [0, 0.1) is 112 Å². The Kier molecular flexibility index (Phi) is 34.4. The minimum Gasteiger partial charge on any atom is -0.495 e. The number of nitro groups is 3. The van der Waals surface area contributed by atoms with Gasteiger partial charge in [0.2, 0.25) is 11.7 Å². The zero-order valence-corrected chi connectivity index (χ0v) is 80.3. The Hall–Kier alpha value is -16.3. The van der Waals surface area contributed by atoms with Gasteiger partial charge in [-0.15, -0.1) is 0 Å². The van der Waals surface area contributed by atoms with Crippen molar-refractivity contribution in [1.29, 1.82) is 0 Å². The largest absolute Gasteiger partial charge is 0.495 e. The molecule has 0 bridgehead atoms. The number of aryl methyl sites for hydroxylation is 11. The number of nitrogen functional groups attached to an aromatic ring is 1. The first kappa shape index (κ1) is 97.8. The third kappa shape index (κ3) is 24.5. The number of carbonyl (C=O) groups excluding carboxylic acids is 1. The van der Waals surface area contributed by atoms with E-state index in [1.807, 2.05) is 192 Å². The molecule has 6 heterocycles. The maximum atomic E-state index is 12.8. The van der Waals surface area contributed by atoms with Crippen LogP contribution in [0.4, 0.5) is 37.2 Å². The van der Waals surface area contributed by atoms with Crippen LogP contribution in [0.2, 0.25) is 0 Å². The molecule has 11 aromatic carbocycles. The molecule has 1 amide bonds. The molecule has 0 atom stereocenters. The molecule has 0 aliphatic rings. The lowest BCUT2D eigenvalue weighted by atomic mass is 9.77. The molecule has 0 saturated heterocycles. The number of para-hydroxylation sites is 6. The molecule has 0 aliphatic carbocycles. The number of halogens is 3. The lowest BCUT2D eigenvalue weighted by Gasteiger charge is -2.17. The van der Waals surface area contributed by atoms with Crippen molar-refractivity contribution < 1.29 is 82.9 Å². The molecule has 0 fully saturated rings. The third-order valence-electron chi connectivity index (χ3n) is 21.3. The number of ether oxygens (including phenoxy) is 6. The number of nitro benzene ring substituents is 3. The highest BCUT2D eigenvalue weighted by Gasteiger charge is 2.29. The average molecular weight is 1960 g/mol. The topological polar surface area (TPSA) is 382 Å². The standard InChI is InChI=1S/C20H21N3O2.C20H19N3O.C18H17N3O3.C18H19N3O.C11H10BrN3O3.C7H9BO2.C7H6FNO3.CH3F.CH4.6H2/c1-13-8-5-6-9-16(13)20-21-14(2)12-23(20)17-10-7-11-18(25-4)19(17)22-15(3)24;1-12-8-5-6-9-15(12)20-22-14(3)19-13(2)21-18-16(23(19)20)10-7-11-17(18)24-4;1-12-7-4-5-8-14(12)18-19-13(2)11-20(18)15-9-6-10-16(24-3)17(15)21(22)23;1-12-7-4-5-8-14(12)18-20-13(2)11-21(18)15-9-6-10-16(22-3)17(15)19;1-7-6-14(11(12)13-7)8-4-3-5-9(18-2)10(8)15(16)17;1-6-4-2-3-5-7(6)8(9)10;1-12-6-4-2-3-5(8)7(6)9(10)11;1-2;;;;;;;/h5-12H,1-4H3,(H,22,24);5-11H,1-4H3;4-11H,1-3H3;4-11H,19H2,1-3H3;3-6H,1-2H3;2-5,9-10H,1H3;2-4H,1H3;1H3;1H4;6*1H/i;;;;;;;1D;;4*1+1D;2*1+1. The fourth-order valence-electron chi connectivity index (χ4n) is 15.0. The number of imidazole rings is 5. The van der Waals surface area contributed by atoms with Gasteiger partial charge in [0.05, 0.1) is 128 Å². The second-order valence-corrected chi connectivity index (χ2v) is 31.3. The van der Waals surface area contributed by atoms with E-state index in [9.17, 15) is 43.9 Å². The molecule has 5 N–H and O–H groups in total. The maximum Gasteiger partial charge on any atom is 0.488 e. The predicted molar refractivity (Wildman–Crippen MR) is 553 cm³/mol. The van der Waals surface area contributed by atoms with E-state index in [4.69, 9.17) is 67.7 Å². The molecule has 0 spiro atoms. The van der Waals surface area contributed by atoms with Crippen molar-refractivity contribution in [1.82, 2.24) is 52.6 Å². The molecule has 138 heavy (non-hydrogen) atoms. The van der Waals surface area contributed by atoms with Crippen LogP contribution >= 0.6 is 15.9 Å². The fraction of sp³-hybridized carbons (Fsp3) is 0.194. The van der Waals surface area contributed by atoms with Gasteiger partial charge in [0.15, 0.2) is 22.0 Å². The van der Waals surface area contributed by atoms with Gasteiger partial charge in [0.1, 0.15) is 63.1 Å². The van der Waals surface area contributed by atoms with E-state index in [1.54, 1.807) is 91.4 Å². The van der Waals surface area contributed by atoms with E-state index < -0.39 is 40.5 Å². The molecule has 17 rings (SSSR count). The third-order valence-corrected chi connectivity index (χ3v) is 21.9. The number of methoxy groups -OCH3 is 6. The molecule has 35 heteroatoms. The second kappa shape index (κ2) is 48.6. The van der Waals surface area contributed by atoms with Crippen molar-refractivity contribution in [2.75, 3.05) is 60.9 Å². The van der Waals surface area contributed by atoms with Gasteiger partial charge in [0, 0.05) is 68.7 Å². The predicted octanol–water partition coefficient (Wildman–Crippen LogP) is 23.4. The van der Waals surface area contributed by atoms with Crippen molar-refractivity contribution in [3.8, 4) is 103 Å². The number of nitrogens with two attached hydrogens (primary N) is 1. The molecule has 31 nitrogen and oxygen atoms in total. The van der Waals surface area contributed by atoms with E-state index >= 15 is 0 Å². The summed E-state index contributed by atoms with van der Waals surface area (Å²) in [7, 11) is 6.62. The summed E-state index contributed by atoms with van der Waals surface area (Å²) in [6, 6.07) is 70.7. The smallest absolute Gasteiger partial charge is 0.488 e. The van der Waals surface area contributed by atoms with Gasteiger partial charge in [-0.2, -0.15) is 4.39 Å². The number of nitrogens with one attached hydrogen (secondary N) is 1. The van der Waals surface area contributed by atoms with Gasteiger partial charge in [-0.25, -0.2) is 29.9 Å². The summed E-state index contributed by atoms with van der Waals surface area (Å²) in [4.78, 5) is 70.8. The number of aromatic nitrogens is 11. The summed E-state index contributed by atoms with van der Waals surface area (Å²) in [5.41, 5.74) is 27.7. The summed E-state index contributed by atoms with van der Waals surface area (Å²) in [6.07, 6.45) is 7.46. The zero-order chi connectivity index (χ0) is 108. The first-order valence-corrected chi connectivity index (χ1v) is 43.1. The van der Waals surface area contributed by atoms with Crippen molar-refractivity contribution in [3.63, 3.8) is 0 Å². The number of carbonyl (C=O) groups is 1. The minimum absolute atomic E-state index is 0. The van der Waals surface area contributed by atoms with Crippen LogP contribution in [0.5, 0.6) is 34.5 Å². The number of fused-ring (bicyclic) bond motifs is 3. The van der Waals surface area contributed by atoms with E-state index in [1.165, 1.54) is 51.5 Å². The summed E-state index contributed by atoms with van der Waals surface area (Å²) in [6.45, 7) is 23.2. The number of hydrogen-bond acceptors (Lipinski definition) is 22. The van der Waals surface area contributed by atoms with Crippen LogP contribution in [-0.4, -0.2) is 140 Å². The molecule has 726 valence electrons. The van der Waals surface area contributed by atoms with Gasteiger partial charge in [0.25, 0.3) is 0 Å². The van der Waals surface area contributed by atoms with Crippen LogP contribution in [0.15, 0.2) is 260 Å². The lowest BCUT2D eigenvalue weighted by molar-refractivity contribution is -0.388. The SMILES string of the molecule is C.COc1cccc(-n2cc(C)nc2-c2ccccc2C)c1N.COc1cccc(-n2cc(C)nc2-c2ccccc2C)c1NC(C)=O.COc1cccc(-n2cc(C)nc2-c2ccccc2C)c1[N+](=O)[O-].COc1cccc(-n2cc(C)nc2Br)c1[N+](=O)[O-].COc1cccc(F)c1[N+](=O)[O-].COc1cccc2c1nc(C)c1c(C)nc(-c3ccccc3C)n12.Cc1ccccc1B(O)O.[2HH].[2HH].[2H]CF.[2H][2H].[2H][2H].[2H][2H].[2H][2H]. The molecule has 0 aliphatic heterocycles. The normalized spacial score (nSPS) is 10.7. The Labute approximate surface area is 823 Å². The second-order valence-electron chi connectivity index (χ2n) is 30.6. The zero-order valence-electron chi connectivity index (χ0n) is 87.7. The van der Waals surface area contributed by atoms with Crippen molar-refractivity contribution >= 4 is 79.4 Å². The average Bonchev–Trinajstić information content (AvgIpc) is 1.57. The van der Waals surface area contributed by atoms with Crippen LogP contribution in [0.3, 0.4) is 0 Å². The molecular weight excluding hydrogens is 1830 g/mol. The Balaban J connectivity index is 0.000000444. The highest BCUT2D eigenvalue weighted by molar-refractivity contribution is 9.10.